The van der Waals surface area contributed by atoms with Crippen LogP contribution in [0, 0.1) is 0 Å². The highest BCUT2D eigenvalue weighted by Gasteiger charge is 2.07. The smallest absolute Gasteiger partial charge is 0.240 e. The fraction of sp³-hybridized carbons (Fsp3) is 0.133. The molecule has 0 saturated carbocycles. The summed E-state index contributed by atoms with van der Waals surface area (Å²) in [5.74, 6) is 1.43. The van der Waals surface area contributed by atoms with E-state index in [1.807, 2.05) is 30.3 Å². The summed E-state index contributed by atoms with van der Waals surface area (Å²) in [7, 11) is 3.21. The van der Waals surface area contributed by atoms with Gasteiger partial charge in [0.05, 0.1) is 19.9 Å². The fourth-order valence-electron chi connectivity index (χ4n) is 1.83. The van der Waals surface area contributed by atoms with E-state index < -0.39 is 0 Å². The van der Waals surface area contributed by atoms with Crippen molar-refractivity contribution in [2.75, 3.05) is 14.2 Å². The van der Waals surface area contributed by atoms with Crippen LogP contribution in [0.4, 0.5) is 5.69 Å². The van der Waals surface area contributed by atoms with Crippen molar-refractivity contribution in [3.63, 3.8) is 0 Å². The SMILES string of the molecule is COc1ccc(-c2cccc(N=C=O)c2)c(OC)c1. The molecular formula is C15H13NO3. The molecule has 0 saturated heterocycles. The Balaban J connectivity index is 2.51. The van der Waals surface area contributed by atoms with Crippen LogP contribution in [0.3, 0.4) is 0 Å². The Morgan fingerprint density at radius 2 is 1.89 bits per heavy atom. The van der Waals surface area contributed by atoms with E-state index in [2.05, 4.69) is 4.99 Å². The summed E-state index contributed by atoms with van der Waals surface area (Å²) >= 11 is 0. The number of hydrogen-bond donors (Lipinski definition) is 0. The minimum atomic E-state index is 0.561. The molecule has 0 aromatic heterocycles. The molecule has 0 spiro atoms. The predicted octanol–water partition coefficient (Wildman–Crippen LogP) is 3.34. The lowest BCUT2D eigenvalue weighted by atomic mass is 10.0. The maximum Gasteiger partial charge on any atom is 0.240 e. The van der Waals surface area contributed by atoms with Gasteiger partial charge in [0.25, 0.3) is 0 Å². The number of carbonyl (C=O) groups excluding carboxylic acids is 1. The average Bonchev–Trinajstić information content (AvgIpc) is 2.47. The maximum atomic E-state index is 10.3. The van der Waals surface area contributed by atoms with Gasteiger partial charge in [-0.2, -0.15) is 4.99 Å². The molecule has 4 heteroatoms. The Morgan fingerprint density at radius 1 is 1.05 bits per heavy atom. The van der Waals surface area contributed by atoms with Gasteiger partial charge < -0.3 is 9.47 Å². The average molecular weight is 255 g/mol. The molecule has 2 aromatic carbocycles. The Hall–Kier alpha value is -2.58. The molecule has 2 aromatic rings. The lowest BCUT2D eigenvalue weighted by Crippen LogP contribution is -1.90. The molecule has 0 atom stereocenters. The van der Waals surface area contributed by atoms with Crippen LogP contribution in [0.1, 0.15) is 0 Å². The van der Waals surface area contributed by atoms with Gasteiger partial charge in [0.2, 0.25) is 6.08 Å². The van der Waals surface area contributed by atoms with Gasteiger partial charge in [-0.1, -0.05) is 12.1 Å². The van der Waals surface area contributed by atoms with Gasteiger partial charge in [-0.05, 0) is 29.8 Å². The molecule has 0 aliphatic rings. The van der Waals surface area contributed by atoms with Crippen LogP contribution >= 0.6 is 0 Å². The van der Waals surface area contributed by atoms with E-state index in [0.29, 0.717) is 11.4 Å². The summed E-state index contributed by atoms with van der Waals surface area (Å²) in [5.41, 5.74) is 2.38. The van der Waals surface area contributed by atoms with Crippen LogP contribution in [0.15, 0.2) is 47.5 Å². The number of hydrogen-bond acceptors (Lipinski definition) is 4. The number of rotatable bonds is 4. The fourth-order valence-corrected chi connectivity index (χ4v) is 1.83. The molecule has 0 aliphatic heterocycles. The van der Waals surface area contributed by atoms with Crippen molar-refractivity contribution in [3.8, 4) is 22.6 Å². The van der Waals surface area contributed by atoms with Crippen molar-refractivity contribution >= 4 is 11.8 Å². The first-order chi connectivity index (χ1) is 9.28. The number of ether oxygens (including phenoxy) is 2. The second kappa shape index (κ2) is 5.85. The minimum absolute atomic E-state index is 0.561. The molecule has 0 aliphatic carbocycles. The highest BCUT2D eigenvalue weighted by molar-refractivity contribution is 5.74. The minimum Gasteiger partial charge on any atom is -0.497 e. The van der Waals surface area contributed by atoms with E-state index in [1.54, 1.807) is 26.4 Å². The van der Waals surface area contributed by atoms with Crippen molar-refractivity contribution in [3.05, 3.63) is 42.5 Å². The second-order valence-electron chi connectivity index (χ2n) is 3.82. The van der Waals surface area contributed by atoms with Crippen molar-refractivity contribution in [2.45, 2.75) is 0 Å². The van der Waals surface area contributed by atoms with Crippen LogP contribution in [0.5, 0.6) is 11.5 Å². The van der Waals surface area contributed by atoms with Crippen molar-refractivity contribution in [1.29, 1.82) is 0 Å². The maximum absolute atomic E-state index is 10.3. The predicted molar refractivity (Wildman–Crippen MR) is 72.8 cm³/mol. The summed E-state index contributed by atoms with van der Waals surface area (Å²) in [6.07, 6.45) is 1.53. The van der Waals surface area contributed by atoms with Crippen LogP contribution in [-0.4, -0.2) is 20.3 Å². The van der Waals surface area contributed by atoms with Crippen molar-refractivity contribution in [1.82, 2.24) is 0 Å². The molecule has 96 valence electrons. The highest BCUT2D eigenvalue weighted by Crippen LogP contribution is 2.34. The van der Waals surface area contributed by atoms with E-state index in [9.17, 15) is 4.79 Å². The summed E-state index contributed by atoms with van der Waals surface area (Å²) in [5, 5.41) is 0. The molecule has 0 bridgehead atoms. The summed E-state index contributed by atoms with van der Waals surface area (Å²) in [6.45, 7) is 0. The summed E-state index contributed by atoms with van der Waals surface area (Å²) < 4.78 is 10.5. The van der Waals surface area contributed by atoms with Crippen molar-refractivity contribution in [2.24, 2.45) is 4.99 Å². The largest absolute Gasteiger partial charge is 0.497 e. The van der Waals surface area contributed by atoms with Gasteiger partial charge in [-0.3, -0.25) is 0 Å². The standard InChI is InChI=1S/C15H13NO3/c1-18-13-6-7-14(15(9-13)19-2)11-4-3-5-12(8-11)16-10-17/h3-9H,1-2H3. The third kappa shape index (κ3) is 2.81. The van der Waals surface area contributed by atoms with E-state index in [4.69, 9.17) is 9.47 Å². The molecule has 0 radical (unpaired) electrons. The second-order valence-corrected chi connectivity index (χ2v) is 3.82. The normalized spacial score (nSPS) is 9.58. The summed E-state index contributed by atoms with van der Waals surface area (Å²) in [6, 6.07) is 12.9. The summed E-state index contributed by atoms with van der Waals surface area (Å²) in [4.78, 5) is 13.9. The topological polar surface area (TPSA) is 47.9 Å². The van der Waals surface area contributed by atoms with Gasteiger partial charge in [-0.25, -0.2) is 4.79 Å². The zero-order valence-corrected chi connectivity index (χ0v) is 10.7. The van der Waals surface area contributed by atoms with Crippen LogP contribution in [0.2, 0.25) is 0 Å². The van der Waals surface area contributed by atoms with Gasteiger partial charge in [0.1, 0.15) is 11.5 Å². The molecular weight excluding hydrogens is 242 g/mol. The van der Waals surface area contributed by atoms with Gasteiger partial charge in [-0.15, -0.1) is 0 Å². The van der Waals surface area contributed by atoms with Gasteiger partial charge in [0, 0.05) is 11.6 Å². The number of benzene rings is 2. The first-order valence-corrected chi connectivity index (χ1v) is 5.69. The zero-order valence-electron chi connectivity index (χ0n) is 10.7. The van der Waals surface area contributed by atoms with Crippen molar-refractivity contribution < 1.29 is 14.3 Å². The third-order valence-electron chi connectivity index (χ3n) is 2.74. The first-order valence-electron chi connectivity index (χ1n) is 5.69. The van der Waals surface area contributed by atoms with Crippen LogP contribution in [-0.2, 0) is 4.79 Å². The lowest BCUT2D eigenvalue weighted by molar-refractivity contribution is 0.395. The molecule has 0 N–H and O–H groups in total. The zero-order chi connectivity index (χ0) is 13.7. The number of aliphatic imine (C=N–C) groups is 1. The quantitative estimate of drug-likeness (QED) is 0.622. The van der Waals surface area contributed by atoms with E-state index in [1.165, 1.54) is 6.08 Å². The van der Waals surface area contributed by atoms with Crippen LogP contribution in [0.25, 0.3) is 11.1 Å². The molecule has 4 nitrogen and oxygen atoms in total. The molecule has 0 heterocycles. The van der Waals surface area contributed by atoms with Crippen LogP contribution < -0.4 is 9.47 Å². The third-order valence-corrected chi connectivity index (χ3v) is 2.74. The van der Waals surface area contributed by atoms with E-state index >= 15 is 0 Å². The number of nitrogens with zero attached hydrogens (tertiary/aromatic N) is 1. The Bertz CT molecular complexity index is 631. The Labute approximate surface area is 111 Å². The lowest BCUT2D eigenvalue weighted by Gasteiger charge is -2.10. The highest BCUT2D eigenvalue weighted by atomic mass is 16.5. The molecule has 0 unspecified atom stereocenters. The molecule has 0 amide bonds. The monoisotopic (exact) mass is 255 g/mol. The Kier molecular flexibility index (Phi) is 3.96. The van der Waals surface area contributed by atoms with E-state index in [-0.39, 0.29) is 0 Å². The number of methoxy groups -OCH3 is 2. The van der Waals surface area contributed by atoms with E-state index in [0.717, 1.165) is 16.9 Å². The first kappa shape index (κ1) is 12.9. The van der Waals surface area contributed by atoms with Gasteiger partial charge in [0.15, 0.2) is 0 Å². The number of isocyanates is 1. The molecule has 19 heavy (non-hydrogen) atoms. The molecule has 2 rings (SSSR count). The van der Waals surface area contributed by atoms with Gasteiger partial charge >= 0.3 is 0 Å². The molecule has 0 fully saturated rings. The Morgan fingerprint density at radius 3 is 2.58 bits per heavy atom.